The van der Waals surface area contributed by atoms with Gasteiger partial charge in [0.05, 0.1) is 11.6 Å². The first kappa shape index (κ1) is 13.5. The van der Waals surface area contributed by atoms with E-state index in [4.69, 9.17) is 4.84 Å². The van der Waals surface area contributed by atoms with E-state index in [1.165, 1.54) is 19.1 Å². The Bertz CT molecular complexity index is 559. The van der Waals surface area contributed by atoms with Crippen molar-refractivity contribution in [3.8, 4) is 0 Å². The third-order valence-electron chi connectivity index (χ3n) is 3.39. The predicted molar refractivity (Wildman–Crippen MR) is 63.8 cm³/mol. The summed E-state index contributed by atoms with van der Waals surface area (Å²) in [5.74, 6) is -3.87. The number of hydrogen-bond donors (Lipinski definition) is 1. The van der Waals surface area contributed by atoms with E-state index in [1.807, 2.05) is 0 Å². The van der Waals surface area contributed by atoms with Crippen molar-refractivity contribution in [2.45, 2.75) is 25.9 Å². The number of carbonyl (C=O) groups is 1. The third kappa shape index (κ3) is 1.97. The summed E-state index contributed by atoms with van der Waals surface area (Å²) in [4.78, 5) is 16.2. The Kier molecular flexibility index (Phi) is 3.26. The molecule has 102 valence electrons. The Hall–Kier alpha value is -1.98. The Balaban J connectivity index is 2.47. The van der Waals surface area contributed by atoms with Crippen LogP contribution in [-0.4, -0.2) is 22.4 Å². The molecule has 6 heteroatoms. The summed E-state index contributed by atoms with van der Waals surface area (Å²) in [6.45, 7) is 3.12. The second-order valence-electron chi connectivity index (χ2n) is 4.54. The number of benzene rings is 1. The van der Waals surface area contributed by atoms with Crippen LogP contribution in [0.2, 0.25) is 0 Å². The van der Waals surface area contributed by atoms with Crippen LogP contribution >= 0.6 is 0 Å². The molecule has 0 saturated carbocycles. The van der Waals surface area contributed by atoms with E-state index in [0.717, 1.165) is 6.07 Å². The maximum atomic E-state index is 13.8. The highest BCUT2D eigenvalue weighted by atomic mass is 19.2. The number of nitrogens with zero attached hydrogens (tertiary/aromatic N) is 1. The van der Waals surface area contributed by atoms with Gasteiger partial charge in [-0.1, -0.05) is 18.1 Å². The molecule has 0 amide bonds. The number of carboxylic acid groups (broad SMARTS) is 1. The molecule has 0 spiro atoms. The van der Waals surface area contributed by atoms with Crippen LogP contribution in [-0.2, 0) is 9.63 Å². The molecule has 2 rings (SSSR count). The van der Waals surface area contributed by atoms with Crippen molar-refractivity contribution < 1.29 is 23.5 Å². The molecule has 0 radical (unpaired) electrons. The topological polar surface area (TPSA) is 58.9 Å². The van der Waals surface area contributed by atoms with Gasteiger partial charge in [-0.3, -0.25) is 0 Å². The van der Waals surface area contributed by atoms with Gasteiger partial charge in [0.2, 0.25) is 5.60 Å². The molecule has 1 aliphatic heterocycles. The molecule has 1 aromatic carbocycles. The SMILES string of the molecule is CCC1C(c2cccc(F)c2F)=NOC1(C)C(=O)O. The quantitative estimate of drug-likeness (QED) is 0.917. The lowest BCUT2D eigenvalue weighted by Gasteiger charge is -2.24. The zero-order valence-electron chi connectivity index (χ0n) is 10.5. The largest absolute Gasteiger partial charge is 0.478 e. The zero-order chi connectivity index (χ0) is 14.2. The summed E-state index contributed by atoms with van der Waals surface area (Å²) in [7, 11) is 0. The van der Waals surface area contributed by atoms with E-state index in [9.17, 15) is 18.7 Å². The van der Waals surface area contributed by atoms with Crippen LogP contribution in [0.3, 0.4) is 0 Å². The second-order valence-corrected chi connectivity index (χ2v) is 4.54. The molecule has 1 heterocycles. The van der Waals surface area contributed by atoms with Crippen molar-refractivity contribution in [1.82, 2.24) is 0 Å². The Labute approximate surface area is 108 Å². The first-order valence-electron chi connectivity index (χ1n) is 5.85. The summed E-state index contributed by atoms with van der Waals surface area (Å²) in [5.41, 5.74) is -1.48. The summed E-state index contributed by atoms with van der Waals surface area (Å²) >= 11 is 0. The molecule has 2 atom stereocenters. The highest BCUT2D eigenvalue weighted by Gasteiger charge is 2.51. The number of hydrogen-bond acceptors (Lipinski definition) is 3. The fraction of sp³-hybridized carbons (Fsp3) is 0.385. The highest BCUT2D eigenvalue weighted by Crippen LogP contribution is 2.35. The van der Waals surface area contributed by atoms with Gasteiger partial charge in [0.1, 0.15) is 0 Å². The van der Waals surface area contributed by atoms with E-state index in [2.05, 4.69) is 5.16 Å². The van der Waals surface area contributed by atoms with E-state index in [1.54, 1.807) is 6.92 Å². The van der Waals surface area contributed by atoms with Crippen molar-refractivity contribution >= 4 is 11.7 Å². The Morgan fingerprint density at radius 2 is 2.21 bits per heavy atom. The minimum absolute atomic E-state index is 0.0585. The standard InChI is InChI=1S/C13H13F2NO3/c1-3-8-11(16-19-13(8,2)12(17)18)7-5-4-6-9(14)10(7)15/h4-6,8H,3H2,1-2H3,(H,17,18). The molecule has 0 saturated heterocycles. The van der Waals surface area contributed by atoms with Crippen molar-refractivity contribution in [3.63, 3.8) is 0 Å². The van der Waals surface area contributed by atoms with Gasteiger partial charge in [0.15, 0.2) is 11.6 Å². The first-order chi connectivity index (χ1) is 8.91. The molecule has 0 fully saturated rings. The van der Waals surface area contributed by atoms with Crippen LogP contribution in [0.1, 0.15) is 25.8 Å². The van der Waals surface area contributed by atoms with Crippen molar-refractivity contribution in [2.75, 3.05) is 0 Å². The normalized spacial score (nSPS) is 25.9. The zero-order valence-corrected chi connectivity index (χ0v) is 10.5. The van der Waals surface area contributed by atoms with Crippen molar-refractivity contribution in [1.29, 1.82) is 0 Å². The minimum Gasteiger partial charge on any atom is -0.478 e. The summed E-state index contributed by atoms with van der Waals surface area (Å²) < 4.78 is 27.0. The Morgan fingerprint density at radius 1 is 1.53 bits per heavy atom. The number of halogens is 2. The molecular weight excluding hydrogens is 256 g/mol. The van der Waals surface area contributed by atoms with Gasteiger partial charge in [-0.2, -0.15) is 0 Å². The van der Waals surface area contributed by atoms with Crippen molar-refractivity contribution in [3.05, 3.63) is 35.4 Å². The van der Waals surface area contributed by atoms with Gasteiger partial charge in [-0.25, -0.2) is 13.6 Å². The van der Waals surface area contributed by atoms with Gasteiger partial charge >= 0.3 is 5.97 Å². The molecule has 2 unspecified atom stereocenters. The second kappa shape index (κ2) is 4.60. The molecule has 1 aliphatic rings. The molecular formula is C13H13F2NO3. The lowest BCUT2D eigenvalue weighted by Crippen LogP contribution is -2.43. The van der Waals surface area contributed by atoms with Crippen LogP contribution in [0, 0.1) is 17.6 Å². The van der Waals surface area contributed by atoms with Gasteiger partial charge in [0, 0.05) is 5.56 Å². The number of oxime groups is 1. The number of carboxylic acids is 1. The molecule has 1 N–H and O–H groups in total. The third-order valence-corrected chi connectivity index (χ3v) is 3.39. The molecule has 4 nitrogen and oxygen atoms in total. The highest BCUT2D eigenvalue weighted by molar-refractivity contribution is 6.06. The number of aliphatic carboxylic acids is 1. The van der Waals surface area contributed by atoms with Gasteiger partial charge < -0.3 is 9.94 Å². The maximum Gasteiger partial charge on any atom is 0.351 e. The average molecular weight is 269 g/mol. The van der Waals surface area contributed by atoms with E-state index in [-0.39, 0.29) is 11.3 Å². The van der Waals surface area contributed by atoms with Gasteiger partial charge in [-0.05, 0) is 25.5 Å². The summed E-state index contributed by atoms with van der Waals surface area (Å²) in [6, 6.07) is 3.70. The summed E-state index contributed by atoms with van der Waals surface area (Å²) in [6.07, 6.45) is 0.386. The van der Waals surface area contributed by atoms with Gasteiger partial charge in [0.25, 0.3) is 0 Å². The van der Waals surface area contributed by atoms with E-state index < -0.39 is 29.1 Å². The maximum absolute atomic E-state index is 13.8. The minimum atomic E-state index is -1.55. The van der Waals surface area contributed by atoms with Gasteiger partial charge in [-0.15, -0.1) is 0 Å². The first-order valence-corrected chi connectivity index (χ1v) is 5.85. The molecule has 0 aromatic heterocycles. The Morgan fingerprint density at radius 3 is 2.79 bits per heavy atom. The number of rotatable bonds is 3. The van der Waals surface area contributed by atoms with Crippen LogP contribution in [0.5, 0.6) is 0 Å². The average Bonchev–Trinajstić information content (AvgIpc) is 2.71. The summed E-state index contributed by atoms with van der Waals surface area (Å²) in [5, 5.41) is 12.9. The lowest BCUT2D eigenvalue weighted by molar-refractivity contribution is -0.164. The van der Waals surface area contributed by atoms with Crippen LogP contribution in [0.4, 0.5) is 8.78 Å². The fourth-order valence-electron chi connectivity index (χ4n) is 2.24. The van der Waals surface area contributed by atoms with E-state index >= 15 is 0 Å². The van der Waals surface area contributed by atoms with Crippen LogP contribution in [0.15, 0.2) is 23.4 Å². The molecule has 1 aromatic rings. The smallest absolute Gasteiger partial charge is 0.351 e. The monoisotopic (exact) mass is 269 g/mol. The lowest BCUT2D eigenvalue weighted by atomic mass is 9.81. The van der Waals surface area contributed by atoms with Crippen LogP contribution < -0.4 is 0 Å². The van der Waals surface area contributed by atoms with E-state index in [0.29, 0.717) is 6.42 Å². The van der Waals surface area contributed by atoms with Crippen molar-refractivity contribution in [2.24, 2.45) is 11.1 Å². The fourth-order valence-corrected chi connectivity index (χ4v) is 2.24. The molecule has 0 bridgehead atoms. The molecule has 0 aliphatic carbocycles. The van der Waals surface area contributed by atoms with Crippen LogP contribution in [0.25, 0.3) is 0 Å². The predicted octanol–water partition coefficient (Wildman–Crippen LogP) is 2.57. The molecule has 19 heavy (non-hydrogen) atoms.